The number of carbonyl (C=O) groups is 1. The van der Waals surface area contributed by atoms with E-state index in [2.05, 4.69) is 9.97 Å². The average Bonchev–Trinajstić information content (AvgIpc) is 2.83. The minimum atomic E-state index is -1.65. The first-order valence-electron chi connectivity index (χ1n) is 10.9. The Bertz CT molecular complexity index is 970. The normalized spacial score (nSPS) is 21.5. The third kappa shape index (κ3) is 5.98. The molecule has 0 saturated carbocycles. The van der Waals surface area contributed by atoms with Crippen molar-refractivity contribution in [3.05, 3.63) is 41.7 Å². The lowest BCUT2D eigenvalue weighted by Gasteiger charge is -2.31. The lowest BCUT2D eigenvalue weighted by Crippen LogP contribution is -2.42. The van der Waals surface area contributed by atoms with E-state index in [1.165, 1.54) is 6.33 Å². The van der Waals surface area contributed by atoms with Gasteiger partial charge in [0.25, 0.3) is 0 Å². The highest BCUT2D eigenvalue weighted by Crippen LogP contribution is 2.30. The third-order valence-corrected chi connectivity index (χ3v) is 6.19. The van der Waals surface area contributed by atoms with E-state index < -0.39 is 11.4 Å². The second kappa shape index (κ2) is 10.9. The van der Waals surface area contributed by atoms with Crippen LogP contribution in [0, 0.1) is 6.92 Å². The van der Waals surface area contributed by atoms with E-state index in [1.807, 2.05) is 31.2 Å². The summed E-state index contributed by atoms with van der Waals surface area (Å²) in [7, 11) is 0. The summed E-state index contributed by atoms with van der Waals surface area (Å²) in [5.74, 6) is 1.52. The molecule has 2 aromatic rings. The molecule has 4 rings (SSSR count). The Balaban J connectivity index is 1.35. The van der Waals surface area contributed by atoms with Crippen molar-refractivity contribution in [2.24, 2.45) is 0 Å². The highest BCUT2D eigenvalue weighted by molar-refractivity contribution is 7.75. The standard InChI is InChI=1S/C22H27N3O7S/c1-3-28-22(26)25-10-8-19(9-11-25)32-21-15(2)20(23-14-24-21)31-18-6-4-16(5-7-18)17-12-29-33(27)30-13-17/h4-7,14,17,19H,3,8-13H2,1-2H3/t17-,33+. The SMILES string of the molecule is CCOC(=O)N1CCC(Oc2ncnc(Oc3ccc([C@H]4CO[S@@](=O)OC4)cc3)c2C)CC1. The van der Waals surface area contributed by atoms with Gasteiger partial charge in [-0.2, -0.15) is 4.21 Å². The molecule has 0 aliphatic carbocycles. The van der Waals surface area contributed by atoms with E-state index in [0.717, 1.165) is 5.56 Å². The van der Waals surface area contributed by atoms with Gasteiger partial charge in [-0.25, -0.2) is 14.8 Å². The Morgan fingerprint density at radius 3 is 2.45 bits per heavy atom. The smallest absolute Gasteiger partial charge is 0.409 e. The van der Waals surface area contributed by atoms with E-state index in [1.54, 1.807) is 11.8 Å². The fraction of sp³-hybridized carbons (Fsp3) is 0.500. The first-order valence-corrected chi connectivity index (χ1v) is 11.9. The van der Waals surface area contributed by atoms with Gasteiger partial charge < -0.3 is 19.1 Å². The van der Waals surface area contributed by atoms with Gasteiger partial charge in [0.05, 0.1) is 25.4 Å². The Morgan fingerprint density at radius 2 is 1.79 bits per heavy atom. The van der Waals surface area contributed by atoms with Gasteiger partial charge in [-0.05, 0) is 31.5 Å². The molecular weight excluding hydrogens is 450 g/mol. The topological polar surface area (TPSA) is 109 Å². The van der Waals surface area contributed by atoms with Crippen molar-refractivity contribution >= 4 is 17.5 Å². The molecule has 11 heteroatoms. The molecule has 0 bridgehead atoms. The largest absolute Gasteiger partial charge is 0.474 e. The lowest BCUT2D eigenvalue weighted by atomic mass is 10.0. The minimum absolute atomic E-state index is 0.0211. The number of aromatic nitrogens is 2. The van der Waals surface area contributed by atoms with Crippen molar-refractivity contribution in [3.8, 4) is 17.5 Å². The van der Waals surface area contributed by atoms with E-state index in [0.29, 0.717) is 68.8 Å². The first kappa shape index (κ1) is 23.4. The van der Waals surface area contributed by atoms with Crippen LogP contribution in [0.2, 0.25) is 0 Å². The zero-order valence-electron chi connectivity index (χ0n) is 18.6. The summed E-state index contributed by atoms with van der Waals surface area (Å²) in [6, 6.07) is 7.53. The minimum Gasteiger partial charge on any atom is -0.474 e. The van der Waals surface area contributed by atoms with Crippen LogP contribution in [0.3, 0.4) is 0 Å². The lowest BCUT2D eigenvalue weighted by molar-refractivity contribution is 0.0684. The van der Waals surface area contributed by atoms with E-state index >= 15 is 0 Å². The summed E-state index contributed by atoms with van der Waals surface area (Å²) < 4.78 is 38.4. The highest BCUT2D eigenvalue weighted by Gasteiger charge is 2.26. The summed E-state index contributed by atoms with van der Waals surface area (Å²) in [5.41, 5.74) is 1.71. The highest BCUT2D eigenvalue weighted by atomic mass is 32.2. The van der Waals surface area contributed by atoms with Gasteiger partial charge in [0.1, 0.15) is 18.2 Å². The summed E-state index contributed by atoms with van der Waals surface area (Å²) in [6.45, 7) is 5.86. The third-order valence-electron chi connectivity index (χ3n) is 5.53. The fourth-order valence-corrected chi connectivity index (χ4v) is 4.26. The van der Waals surface area contributed by atoms with Gasteiger partial charge in [-0.3, -0.25) is 8.37 Å². The number of ether oxygens (including phenoxy) is 3. The number of hydrogen-bond donors (Lipinski definition) is 0. The molecule has 1 aromatic heterocycles. The molecule has 0 atom stereocenters. The number of amides is 1. The zero-order valence-corrected chi connectivity index (χ0v) is 19.4. The summed E-state index contributed by atoms with van der Waals surface area (Å²) >= 11 is -1.65. The van der Waals surface area contributed by atoms with Crippen molar-refractivity contribution < 1.29 is 31.6 Å². The summed E-state index contributed by atoms with van der Waals surface area (Å²) in [5, 5.41) is 0. The number of rotatable bonds is 6. The molecule has 0 unspecified atom stereocenters. The van der Waals surface area contributed by atoms with Crippen LogP contribution in [-0.4, -0.2) is 64.2 Å². The number of hydrogen-bond acceptors (Lipinski definition) is 9. The number of likely N-dealkylation sites (tertiary alicyclic amines) is 1. The van der Waals surface area contributed by atoms with Gasteiger partial charge in [0, 0.05) is 31.8 Å². The monoisotopic (exact) mass is 477 g/mol. The number of carbonyl (C=O) groups excluding carboxylic acids is 1. The average molecular weight is 478 g/mol. The molecule has 10 nitrogen and oxygen atoms in total. The number of piperidine rings is 1. The summed E-state index contributed by atoms with van der Waals surface area (Å²) in [4.78, 5) is 22.1. The molecule has 1 aromatic carbocycles. The molecular formula is C22H27N3O7S. The van der Waals surface area contributed by atoms with Crippen LogP contribution < -0.4 is 9.47 Å². The Morgan fingerprint density at radius 1 is 1.12 bits per heavy atom. The quantitative estimate of drug-likeness (QED) is 0.619. The van der Waals surface area contributed by atoms with Crippen LogP contribution in [0.5, 0.6) is 17.5 Å². The van der Waals surface area contributed by atoms with E-state index in [4.69, 9.17) is 22.6 Å². The molecule has 2 saturated heterocycles. The van der Waals surface area contributed by atoms with Crippen LogP contribution in [0.15, 0.2) is 30.6 Å². The second-order valence-electron chi connectivity index (χ2n) is 7.75. The van der Waals surface area contributed by atoms with Crippen molar-refractivity contribution in [1.29, 1.82) is 0 Å². The van der Waals surface area contributed by atoms with E-state index in [-0.39, 0.29) is 18.1 Å². The Kier molecular flexibility index (Phi) is 7.73. The van der Waals surface area contributed by atoms with Crippen molar-refractivity contribution in [3.63, 3.8) is 0 Å². The van der Waals surface area contributed by atoms with Crippen molar-refractivity contribution in [2.75, 3.05) is 32.9 Å². The Labute approximate surface area is 195 Å². The van der Waals surface area contributed by atoms with Crippen LogP contribution in [0.25, 0.3) is 0 Å². The van der Waals surface area contributed by atoms with Gasteiger partial charge in [-0.1, -0.05) is 12.1 Å². The number of benzene rings is 1. The van der Waals surface area contributed by atoms with Gasteiger partial charge >= 0.3 is 17.5 Å². The molecule has 0 radical (unpaired) electrons. The molecule has 0 N–H and O–H groups in total. The molecule has 33 heavy (non-hydrogen) atoms. The maximum absolute atomic E-state index is 11.9. The predicted molar refractivity (Wildman–Crippen MR) is 118 cm³/mol. The molecule has 1 amide bonds. The molecule has 0 spiro atoms. The van der Waals surface area contributed by atoms with Gasteiger partial charge in [0.2, 0.25) is 11.8 Å². The molecule has 3 heterocycles. The predicted octanol–water partition coefficient (Wildman–Crippen LogP) is 3.29. The van der Waals surface area contributed by atoms with Crippen LogP contribution >= 0.6 is 0 Å². The fourth-order valence-electron chi connectivity index (χ4n) is 3.64. The van der Waals surface area contributed by atoms with E-state index in [9.17, 15) is 9.00 Å². The maximum atomic E-state index is 11.9. The van der Waals surface area contributed by atoms with Crippen LogP contribution in [-0.2, 0) is 24.5 Å². The Hall–Kier alpha value is -2.76. The van der Waals surface area contributed by atoms with Gasteiger partial charge in [0.15, 0.2) is 0 Å². The zero-order chi connectivity index (χ0) is 23.2. The van der Waals surface area contributed by atoms with Crippen LogP contribution in [0.1, 0.15) is 36.8 Å². The molecule has 178 valence electrons. The molecule has 2 fully saturated rings. The van der Waals surface area contributed by atoms with Crippen LogP contribution in [0.4, 0.5) is 4.79 Å². The number of nitrogens with zero attached hydrogens (tertiary/aromatic N) is 3. The molecule has 2 aliphatic heterocycles. The van der Waals surface area contributed by atoms with Gasteiger partial charge in [-0.15, -0.1) is 0 Å². The van der Waals surface area contributed by atoms with Crippen molar-refractivity contribution in [1.82, 2.24) is 14.9 Å². The molecule has 2 aliphatic rings. The maximum Gasteiger partial charge on any atom is 0.409 e. The van der Waals surface area contributed by atoms with Crippen molar-refractivity contribution in [2.45, 2.75) is 38.7 Å². The second-order valence-corrected chi connectivity index (χ2v) is 8.63. The first-order chi connectivity index (χ1) is 16.0. The summed E-state index contributed by atoms with van der Waals surface area (Å²) in [6.07, 6.45) is 2.47.